The summed E-state index contributed by atoms with van der Waals surface area (Å²) in [5, 5.41) is 0. The minimum Gasteiger partial charge on any atom is -0.465 e. The molecule has 7 heteroatoms. The maximum absolute atomic E-state index is 12.3. The molecule has 0 bridgehead atoms. The molecule has 1 saturated carbocycles. The van der Waals surface area contributed by atoms with Gasteiger partial charge in [-0.15, -0.1) is 0 Å². The van der Waals surface area contributed by atoms with E-state index in [1.807, 2.05) is 0 Å². The molecule has 1 aliphatic carbocycles. The summed E-state index contributed by atoms with van der Waals surface area (Å²) in [5.74, 6) is 0.762. The van der Waals surface area contributed by atoms with Crippen molar-refractivity contribution < 1.29 is 17.9 Å². The smallest absolute Gasteiger partial charge is 0.425 e. The summed E-state index contributed by atoms with van der Waals surface area (Å²) < 4.78 is 42.2. The third kappa shape index (κ3) is 3.31. The van der Waals surface area contributed by atoms with Crippen LogP contribution in [-0.2, 0) is 0 Å². The van der Waals surface area contributed by atoms with Crippen molar-refractivity contribution in [2.24, 2.45) is 0 Å². The topological polar surface area (TPSA) is 35.0 Å². The highest BCUT2D eigenvalue weighted by Crippen LogP contribution is 2.39. The van der Waals surface area contributed by atoms with Gasteiger partial charge in [0.2, 0.25) is 5.88 Å². The highest BCUT2D eigenvalue weighted by atomic mass is 79.9. The molecule has 0 spiro atoms. The van der Waals surface area contributed by atoms with Gasteiger partial charge in [0, 0.05) is 12.0 Å². The van der Waals surface area contributed by atoms with E-state index in [-0.39, 0.29) is 11.8 Å². The van der Waals surface area contributed by atoms with E-state index in [1.165, 1.54) is 6.07 Å². The number of hydrogen-bond acceptors (Lipinski definition) is 3. The van der Waals surface area contributed by atoms with Crippen LogP contribution < -0.4 is 4.74 Å². The van der Waals surface area contributed by atoms with Crippen LogP contribution in [0, 0.1) is 0 Å². The fourth-order valence-corrected chi connectivity index (χ4v) is 1.62. The Morgan fingerprint density at radius 2 is 2.06 bits per heavy atom. The molecule has 0 amide bonds. The zero-order valence-corrected chi connectivity index (χ0v) is 10.5. The predicted molar refractivity (Wildman–Crippen MR) is 57.9 cm³/mol. The lowest BCUT2D eigenvalue weighted by molar-refractivity contribution is -0.190. The van der Waals surface area contributed by atoms with Crippen molar-refractivity contribution >= 4 is 15.9 Å². The van der Waals surface area contributed by atoms with E-state index in [9.17, 15) is 13.2 Å². The molecule has 3 nitrogen and oxygen atoms in total. The van der Waals surface area contributed by atoms with Crippen molar-refractivity contribution in [2.45, 2.75) is 38.0 Å². The van der Waals surface area contributed by atoms with Gasteiger partial charge in [0.05, 0.1) is 0 Å². The zero-order chi connectivity index (χ0) is 12.6. The molecule has 2 rings (SSSR count). The Morgan fingerprint density at radius 1 is 1.41 bits per heavy atom. The second kappa shape index (κ2) is 4.44. The summed E-state index contributed by atoms with van der Waals surface area (Å²) in [6.07, 6.45) is -4.32. The SMILES string of the molecule is CC(Oc1cc(Br)nc(C2CC2)n1)C(F)(F)F. The Morgan fingerprint density at radius 3 is 2.59 bits per heavy atom. The van der Waals surface area contributed by atoms with E-state index in [4.69, 9.17) is 4.74 Å². The molecule has 0 aliphatic heterocycles. The third-order valence-electron chi connectivity index (χ3n) is 2.39. The van der Waals surface area contributed by atoms with Crippen LogP contribution in [0.15, 0.2) is 10.7 Å². The molecule has 1 atom stereocenters. The minimum absolute atomic E-state index is 0.0430. The number of rotatable bonds is 3. The fraction of sp³-hybridized carbons (Fsp3) is 0.600. The van der Waals surface area contributed by atoms with Crippen LogP contribution in [0.1, 0.15) is 31.5 Å². The largest absolute Gasteiger partial charge is 0.465 e. The Bertz CT molecular complexity index is 421. The number of ether oxygens (including phenoxy) is 1. The lowest BCUT2D eigenvalue weighted by Gasteiger charge is -2.17. The van der Waals surface area contributed by atoms with Gasteiger partial charge in [0.15, 0.2) is 6.10 Å². The first-order valence-electron chi connectivity index (χ1n) is 5.14. The number of nitrogens with zero attached hydrogens (tertiary/aromatic N) is 2. The van der Waals surface area contributed by atoms with Gasteiger partial charge in [-0.25, -0.2) is 4.98 Å². The van der Waals surface area contributed by atoms with Crippen LogP contribution >= 0.6 is 15.9 Å². The summed E-state index contributed by atoms with van der Waals surface area (Å²) in [6.45, 7) is 0.951. The molecule has 1 heterocycles. The predicted octanol–water partition coefficient (Wildman–Crippen LogP) is 3.45. The quantitative estimate of drug-likeness (QED) is 0.802. The Hall–Kier alpha value is -0.850. The maximum atomic E-state index is 12.3. The molecule has 1 aliphatic rings. The number of alkyl halides is 3. The van der Waals surface area contributed by atoms with Gasteiger partial charge >= 0.3 is 6.18 Å². The molecule has 1 unspecified atom stereocenters. The van der Waals surface area contributed by atoms with Gasteiger partial charge in [0.1, 0.15) is 10.4 Å². The number of hydrogen-bond donors (Lipinski definition) is 0. The molecule has 0 N–H and O–H groups in total. The molecule has 17 heavy (non-hydrogen) atoms. The average Bonchev–Trinajstić information content (AvgIpc) is 2.97. The van der Waals surface area contributed by atoms with Gasteiger partial charge in [-0.1, -0.05) is 0 Å². The van der Waals surface area contributed by atoms with E-state index in [0.717, 1.165) is 19.8 Å². The first-order chi connectivity index (χ1) is 7.86. The third-order valence-corrected chi connectivity index (χ3v) is 2.80. The number of halogens is 4. The van der Waals surface area contributed by atoms with Crippen LogP contribution in [0.25, 0.3) is 0 Å². The molecule has 0 aromatic carbocycles. The summed E-state index contributed by atoms with van der Waals surface area (Å²) in [4.78, 5) is 8.10. The van der Waals surface area contributed by atoms with Crippen LogP contribution in [-0.4, -0.2) is 22.2 Å². The van der Waals surface area contributed by atoms with E-state index in [0.29, 0.717) is 10.4 Å². The molecular weight excluding hydrogens is 301 g/mol. The van der Waals surface area contributed by atoms with Crippen LogP contribution in [0.3, 0.4) is 0 Å². The molecule has 1 aromatic rings. The normalized spacial score (nSPS) is 17.9. The zero-order valence-electron chi connectivity index (χ0n) is 8.96. The Labute approximate surface area is 105 Å². The summed E-state index contributed by atoms with van der Waals surface area (Å²) in [7, 11) is 0. The molecule has 0 radical (unpaired) electrons. The van der Waals surface area contributed by atoms with E-state index >= 15 is 0 Å². The molecular formula is C10H10BrF3N2O. The van der Waals surface area contributed by atoms with Crippen molar-refractivity contribution in [2.75, 3.05) is 0 Å². The van der Waals surface area contributed by atoms with Crippen LogP contribution in [0.5, 0.6) is 5.88 Å². The monoisotopic (exact) mass is 310 g/mol. The van der Waals surface area contributed by atoms with Crippen LogP contribution in [0.2, 0.25) is 0 Å². The minimum atomic E-state index is -4.39. The summed E-state index contributed by atoms with van der Waals surface area (Å²) in [6, 6.07) is 1.34. The molecule has 94 valence electrons. The Balaban J connectivity index is 2.15. The first-order valence-corrected chi connectivity index (χ1v) is 5.93. The second-order valence-electron chi connectivity index (χ2n) is 3.96. The van der Waals surface area contributed by atoms with Gasteiger partial charge < -0.3 is 4.74 Å². The van der Waals surface area contributed by atoms with Crippen molar-refractivity contribution in [1.29, 1.82) is 0 Å². The highest BCUT2D eigenvalue weighted by molar-refractivity contribution is 9.10. The van der Waals surface area contributed by atoms with E-state index in [1.54, 1.807) is 0 Å². The van der Waals surface area contributed by atoms with Crippen molar-refractivity contribution in [3.05, 3.63) is 16.5 Å². The summed E-state index contributed by atoms with van der Waals surface area (Å²) in [5.41, 5.74) is 0. The fourth-order valence-electron chi connectivity index (χ4n) is 1.25. The van der Waals surface area contributed by atoms with Crippen molar-refractivity contribution in [3.8, 4) is 5.88 Å². The standard InChI is InChI=1S/C10H10BrF3N2O/c1-5(10(12,13)14)17-8-4-7(11)15-9(16-8)6-2-3-6/h4-6H,2-3H2,1H3. The molecule has 1 fully saturated rings. The molecule has 0 saturated heterocycles. The van der Waals surface area contributed by atoms with Gasteiger partial charge in [-0.05, 0) is 35.7 Å². The van der Waals surface area contributed by atoms with E-state index < -0.39 is 12.3 Å². The average molecular weight is 311 g/mol. The van der Waals surface area contributed by atoms with Crippen molar-refractivity contribution in [3.63, 3.8) is 0 Å². The lowest BCUT2D eigenvalue weighted by atomic mass is 10.4. The van der Waals surface area contributed by atoms with E-state index in [2.05, 4.69) is 25.9 Å². The van der Waals surface area contributed by atoms with Gasteiger partial charge in [-0.3, -0.25) is 0 Å². The maximum Gasteiger partial charge on any atom is 0.425 e. The second-order valence-corrected chi connectivity index (χ2v) is 4.78. The lowest BCUT2D eigenvalue weighted by Crippen LogP contribution is -2.31. The first kappa shape index (κ1) is 12.6. The van der Waals surface area contributed by atoms with Crippen molar-refractivity contribution in [1.82, 2.24) is 9.97 Å². The Kier molecular flexibility index (Phi) is 3.29. The van der Waals surface area contributed by atoms with Crippen LogP contribution in [0.4, 0.5) is 13.2 Å². The molecule has 1 aromatic heterocycles. The number of aromatic nitrogens is 2. The summed E-state index contributed by atoms with van der Waals surface area (Å²) >= 11 is 3.14. The highest BCUT2D eigenvalue weighted by Gasteiger charge is 2.38. The van der Waals surface area contributed by atoms with Gasteiger partial charge in [-0.2, -0.15) is 18.2 Å². The van der Waals surface area contributed by atoms with Gasteiger partial charge in [0.25, 0.3) is 0 Å².